The van der Waals surface area contributed by atoms with Crippen LogP contribution in [0.2, 0.25) is 0 Å². The minimum absolute atomic E-state index is 0.0637. The van der Waals surface area contributed by atoms with Crippen LogP contribution >= 0.6 is 11.3 Å². The smallest absolute Gasteiger partial charge is 0.226 e. The van der Waals surface area contributed by atoms with E-state index in [1.807, 2.05) is 57.2 Å². The molecule has 3 heterocycles. The Balaban J connectivity index is 1.58. The molecule has 9 heteroatoms. The molecule has 1 aliphatic rings. The van der Waals surface area contributed by atoms with E-state index in [9.17, 15) is 4.79 Å². The van der Waals surface area contributed by atoms with E-state index in [2.05, 4.69) is 5.32 Å². The van der Waals surface area contributed by atoms with Crippen LogP contribution in [-0.2, 0) is 4.79 Å². The first-order chi connectivity index (χ1) is 16.5. The molecule has 5 rings (SSSR count). The molecular weight excluding hydrogens is 452 g/mol. The average Bonchev–Trinajstić information content (AvgIpc) is 3.39. The Morgan fingerprint density at radius 2 is 1.94 bits per heavy atom. The number of aryl methyl sites for hydroxylation is 1. The summed E-state index contributed by atoms with van der Waals surface area (Å²) in [5.74, 6) is 2.58. The molecule has 0 bridgehead atoms. The van der Waals surface area contributed by atoms with Gasteiger partial charge in [-0.05, 0) is 56.7 Å². The van der Waals surface area contributed by atoms with Crippen molar-refractivity contribution < 1.29 is 19.0 Å². The number of benzene rings is 2. The fraction of sp³-hybridized carbons (Fsp3) is 0.320. The third-order valence-electron chi connectivity index (χ3n) is 5.83. The van der Waals surface area contributed by atoms with E-state index in [0.29, 0.717) is 42.1 Å². The lowest BCUT2D eigenvalue weighted by Gasteiger charge is -2.24. The maximum atomic E-state index is 12.8. The highest BCUT2D eigenvalue weighted by atomic mass is 32.1. The highest BCUT2D eigenvalue weighted by Gasteiger charge is 2.33. The first-order valence-electron chi connectivity index (χ1n) is 11.3. The zero-order valence-corrected chi connectivity index (χ0v) is 20.4. The number of methoxy groups -OCH3 is 1. The van der Waals surface area contributed by atoms with Crippen LogP contribution in [0.3, 0.4) is 0 Å². The summed E-state index contributed by atoms with van der Waals surface area (Å²) < 4.78 is 19.6. The van der Waals surface area contributed by atoms with Crippen molar-refractivity contribution in [3.8, 4) is 22.4 Å². The molecule has 34 heavy (non-hydrogen) atoms. The Morgan fingerprint density at radius 1 is 1.12 bits per heavy atom. The second-order valence-corrected chi connectivity index (χ2v) is 8.98. The molecule has 0 saturated heterocycles. The predicted octanol–water partition coefficient (Wildman–Crippen LogP) is 5.07. The molecule has 1 amide bonds. The van der Waals surface area contributed by atoms with E-state index >= 15 is 0 Å². The van der Waals surface area contributed by atoms with Crippen LogP contribution in [0.4, 0.5) is 5.82 Å². The number of carbonyl (C=O) groups is 1. The van der Waals surface area contributed by atoms with Gasteiger partial charge in [0.25, 0.3) is 0 Å². The quantitative estimate of drug-likeness (QED) is 0.399. The molecule has 1 N–H and O–H groups in total. The van der Waals surface area contributed by atoms with Crippen LogP contribution in [0.1, 0.15) is 43.0 Å². The SMILES string of the molecule is CCOc1ccc2nc(-n3nc(C)c4c3NC(=O)CC4c3ccc(OCC)c(OC)c3)sc2c1. The van der Waals surface area contributed by atoms with E-state index in [0.717, 1.165) is 32.8 Å². The standard InChI is InChI=1S/C25H26N4O4S/c1-5-32-16-8-9-18-21(12-16)34-25(26-18)29-24-23(14(3)28-29)17(13-22(30)27-24)15-7-10-19(33-6-2)20(11-15)31-4/h7-12,17H,5-6,13H2,1-4H3,(H,27,30). The van der Waals surface area contributed by atoms with Crippen LogP contribution in [0.15, 0.2) is 36.4 Å². The molecule has 0 saturated carbocycles. The summed E-state index contributed by atoms with van der Waals surface area (Å²) in [5.41, 5.74) is 3.67. The molecular formula is C25H26N4O4S. The monoisotopic (exact) mass is 478 g/mol. The normalized spacial score (nSPS) is 15.2. The van der Waals surface area contributed by atoms with Crippen LogP contribution in [0.25, 0.3) is 15.3 Å². The van der Waals surface area contributed by atoms with Crippen LogP contribution in [-0.4, -0.2) is 41.0 Å². The van der Waals surface area contributed by atoms with E-state index in [1.165, 1.54) is 11.3 Å². The molecule has 0 radical (unpaired) electrons. The van der Waals surface area contributed by atoms with Crippen LogP contribution < -0.4 is 19.5 Å². The summed E-state index contributed by atoms with van der Waals surface area (Å²) >= 11 is 1.51. The minimum atomic E-state index is -0.152. The largest absolute Gasteiger partial charge is 0.494 e. The van der Waals surface area contributed by atoms with Gasteiger partial charge < -0.3 is 19.5 Å². The summed E-state index contributed by atoms with van der Waals surface area (Å²) in [5, 5.41) is 8.50. The molecule has 4 aromatic rings. The van der Waals surface area contributed by atoms with Gasteiger partial charge in [0.15, 0.2) is 11.5 Å². The Hall–Kier alpha value is -3.59. The summed E-state index contributed by atoms with van der Waals surface area (Å²) in [4.78, 5) is 17.5. The van der Waals surface area contributed by atoms with Gasteiger partial charge in [0, 0.05) is 17.9 Å². The third kappa shape index (κ3) is 3.86. The van der Waals surface area contributed by atoms with Gasteiger partial charge in [-0.3, -0.25) is 4.79 Å². The van der Waals surface area contributed by atoms with Gasteiger partial charge in [0.1, 0.15) is 11.6 Å². The fourth-order valence-corrected chi connectivity index (χ4v) is 5.34. The molecule has 2 aromatic heterocycles. The Kier molecular flexibility index (Phi) is 5.87. The lowest BCUT2D eigenvalue weighted by atomic mass is 9.85. The Bertz CT molecular complexity index is 1380. The molecule has 0 spiro atoms. The number of ether oxygens (including phenoxy) is 3. The van der Waals surface area contributed by atoms with Crippen molar-refractivity contribution in [2.75, 3.05) is 25.6 Å². The van der Waals surface area contributed by atoms with Crippen molar-refractivity contribution in [2.24, 2.45) is 0 Å². The maximum absolute atomic E-state index is 12.8. The molecule has 2 aromatic carbocycles. The van der Waals surface area contributed by atoms with E-state index in [4.69, 9.17) is 24.3 Å². The molecule has 1 unspecified atom stereocenters. The van der Waals surface area contributed by atoms with Crippen molar-refractivity contribution in [3.05, 3.63) is 53.2 Å². The maximum Gasteiger partial charge on any atom is 0.226 e. The molecule has 0 aliphatic carbocycles. The van der Waals surface area contributed by atoms with Gasteiger partial charge >= 0.3 is 0 Å². The number of hydrogen-bond donors (Lipinski definition) is 1. The average molecular weight is 479 g/mol. The van der Waals surface area contributed by atoms with Crippen molar-refractivity contribution in [1.82, 2.24) is 14.8 Å². The zero-order chi connectivity index (χ0) is 23.8. The molecule has 1 aliphatic heterocycles. The van der Waals surface area contributed by atoms with E-state index in [-0.39, 0.29) is 11.8 Å². The highest BCUT2D eigenvalue weighted by molar-refractivity contribution is 7.20. The lowest BCUT2D eigenvalue weighted by molar-refractivity contribution is -0.116. The number of aromatic nitrogens is 3. The number of anilines is 1. The fourth-order valence-electron chi connectivity index (χ4n) is 4.39. The molecule has 1 atom stereocenters. The predicted molar refractivity (Wildman–Crippen MR) is 132 cm³/mol. The van der Waals surface area contributed by atoms with E-state index < -0.39 is 0 Å². The van der Waals surface area contributed by atoms with Gasteiger partial charge in [0.2, 0.25) is 11.0 Å². The van der Waals surface area contributed by atoms with Crippen LogP contribution in [0, 0.1) is 6.92 Å². The van der Waals surface area contributed by atoms with Crippen molar-refractivity contribution in [1.29, 1.82) is 0 Å². The van der Waals surface area contributed by atoms with Crippen molar-refractivity contribution in [3.63, 3.8) is 0 Å². The van der Waals surface area contributed by atoms with Gasteiger partial charge in [-0.2, -0.15) is 9.78 Å². The Labute approximate surface area is 201 Å². The van der Waals surface area contributed by atoms with Crippen molar-refractivity contribution in [2.45, 2.75) is 33.1 Å². The number of rotatable bonds is 7. The molecule has 0 fully saturated rings. The number of nitrogens with one attached hydrogen (secondary N) is 1. The second kappa shape index (κ2) is 8.98. The summed E-state index contributed by atoms with van der Waals surface area (Å²) in [6.07, 6.45) is 0.328. The summed E-state index contributed by atoms with van der Waals surface area (Å²) in [6.45, 7) is 7.01. The highest BCUT2D eigenvalue weighted by Crippen LogP contribution is 2.43. The second-order valence-electron chi connectivity index (χ2n) is 7.97. The number of amides is 1. The zero-order valence-electron chi connectivity index (χ0n) is 19.5. The first-order valence-corrected chi connectivity index (χ1v) is 12.1. The number of nitrogens with zero attached hydrogens (tertiary/aromatic N) is 3. The summed E-state index contributed by atoms with van der Waals surface area (Å²) in [6, 6.07) is 11.7. The number of thiazole rings is 1. The van der Waals surface area contributed by atoms with Gasteiger partial charge in [-0.1, -0.05) is 17.4 Å². The number of fused-ring (bicyclic) bond motifs is 2. The Morgan fingerprint density at radius 3 is 2.71 bits per heavy atom. The van der Waals surface area contributed by atoms with Crippen molar-refractivity contribution >= 4 is 33.3 Å². The molecule has 8 nitrogen and oxygen atoms in total. The number of carbonyl (C=O) groups excluding carboxylic acids is 1. The minimum Gasteiger partial charge on any atom is -0.494 e. The molecule has 176 valence electrons. The summed E-state index contributed by atoms with van der Waals surface area (Å²) in [7, 11) is 1.62. The van der Waals surface area contributed by atoms with Gasteiger partial charge in [0.05, 0.1) is 36.2 Å². The number of hydrogen-bond acceptors (Lipinski definition) is 7. The van der Waals surface area contributed by atoms with Gasteiger partial charge in [-0.25, -0.2) is 4.98 Å². The third-order valence-corrected chi connectivity index (χ3v) is 6.83. The van der Waals surface area contributed by atoms with Crippen LogP contribution in [0.5, 0.6) is 17.2 Å². The van der Waals surface area contributed by atoms with Gasteiger partial charge in [-0.15, -0.1) is 0 Å². The first kappa shape index (κ1) is 22.2. The topological polar surface area (TPSA) is 87.5 Å². The lowest BCUT2D eigenvalue weighted by Crippen LogP contribution is -2.25. The van der Waals surface area contributed by atoms with E-state index in [1.54, 1.807) is 11.8 Å².